The third kappa shape index (κ3) is 1.72. The molecule has 0 aliphatic heterocycles. The first kappa shape index (κ1) is 15.9. The van der Waals surface area contributed by atoms with Crippen molar-refractivity contribution in [1.82, 2.24) is 0 Å². The third-order valence-electron chi connectivity index (χ3n) is 6.68. The summed E-state index contributed by atoms with van der Waals surface area (Å²) in [6, 6.07) is 33.9. The summed E-state index contributed by atoms with van der Waals surface area (Å²) in [4.78, 5) is 0. The number of hydrogen-bond acceptors (Lipinski definition) is 0. The molecule has 0 saturated heterocycles. The normalized spacial score (nSPS) is 14.7. The molecular formula is C28H22. The monoisotopic (exact) mass is 358 g/mol. The average molecular weight is 358 g/mol. The van der Waals surface area contributed by atoms with Crippen LogP contribution in [-0.2, 0) is 5.41 Å². The third-order valence-corrected chi connectivity index (χ3v) is 6.68. The highest BCUT2D eigenvalue weighted by atomic mass is 14.5. The summed E-state index contributed by atoms with van der Waals surface area (Å²) in [7, 11) is 0. The van der Waals surface area contributed by atoms with E-state index in [2.05, 4.69) is 105 Å². The predicted molar refractivity (Wildman–Crippen MR) is 117 cm³/mol. The van der Waals surface area contributed by atoms with Gasteiger partial charge in [0.25, 0.3) is 0 Å². The van der Waals surface area contributed by atoms with E-state index in [0.717, 1.165) is 0 Å². The average Bonchev–Trinajstić information content (AvgIpc) is 3.21. The summed E-state index contributed by atoms with van der Waals surface area (Å²) in [6.45, 7) is 4.61. The molecule has 0 nitrogen and oxygen atoms in total. The first-order valence-corrected chi connectivity index (χ1v) is 10.2. The van der Waals surface area contributed by atoms with Gasteiger partial charge in [0, 0.05) is 0 Å². The van der Waals surface area contributed by atoms with Gasteiger partial charge in [-0.25, -0.2) is 0 Å². The second-order valence-electron chi connectivity index (χ2n) is 8.31. The topological polar surface area (TPSA) is 0 Å². The molecule has 0 aromatic heterocycles. The molecule has 0 heterocycles. The fraction of sp³-hybridized carbons (Fsp3) is 0.143. The Kier molecular flexibility index (Phi) is 3.09. The van der Waals surface area contributed by atoms with E-state index in [9.17, 15) is 0 Å². The number of rotatable bonds is 1. The zero-order valence-electron chi connectivity index (χ0n) is 16.2. The second-order valence-corrected chi connectivity index (χ2v) is 8.31. The summed E-state index contributed by atoms with van der Waals surface area (Å²) in [5.74, 6) is 0.491. The van der Waals surface area contributed by atoms with E-state index in [1.807, 2.05) is 0 Å². The van der Waals surface area contributed by atoms with Gasteiger partial charge in [0.05, 0.1) is 5.41 Å². The van der Waals surface area contributed by atoms with Gasteiger partial charge in [0.2, 0.25) is 0 Å². The van der Waals surface area contributed by atoms with Gasteiger partial charge < -0.3 is 0 Å². The molecular weight excluding hydrogens is 336 g/mol. The fourth-order valence-electron chi connectivity index (χ4n) is 5.65. The van der Waals surface area contributed by atoms with E-state index in [1.165, 1.54) is 50.1 Å². The van der Waals surface area contributed by atoms with Gasteiger partial charge in [0.1, 0.15) is 0 Å². The molecule has 0 atom stereocenters. The van der Waals surface area contributed by atoms with Gasteiger partial charge in [-0.05, 0) is 56.0 Å². The summed E-state index contributed by atoms with van der Waals surface area (Å²) in [5.41, 5.74) is 12.5. The van der Waals surface area contributed by atoms with Crippen LogP contribution in [0, 0.1) is 0 Å². The van der Waals surface area contributed by atoms with E-state index in [-0.39, 0.29) is 5.41 Å². The lowest BCUT2D eigenvalue weighted by Crippen LogP contribution is -2.25. The van der Waals surface area contributed by atoms with E-state index in [0.29, 0.717) is 5.92 Å². The van der Waals surface area contributed by atoms with Crippen LogP contribution in [0.15, 0.2) is 91.0 Å². The Morgan fingerprint density at radius 2 is 0.964 bits per heavy atom. The molecule has 4 aromatic carbocycles. The summed E-state index contributed by atoms with van der Waals surface area (Å²) >= 11 is 0. The minimum Gasteiger partial charge on any atom is -0.0619 e. The molecule has 0 heteroatoms. The van der Waals surface area contributed by atoms with Crippen LogP contribution in [0.2, 0.25) is 0 Å². The minimum absolute atomic E-state index is 0.204. The number of benzene rings is 4. The summed E-state index contributed by atoms with van der Waals surface area (Å²) in [6.07, 6.45) is 0. The Labute approximate surface area is 166 Å². The smallest absolute Gasteiger partial charge is 0.0619 e. The lowest BCUT2D eigenvalue weighted by Gasteiger charge is -2.30. The van der Waals surface area contributed by atoms with Crippen molar-refractivity contribution in [3.05, 3.63) is 119 Å². The molecule has 134 valence electrons. The SMILES string of the molecule is CC(C)c1cccc2c1-c1ccccc1C21c2ccccc2-c2ccccc21. The highest BCUT2D eigenvalue weighted by molar-refractivity contribution is 5.95. The number of fused-ring (bicyclic) bond motifs is 10. The van der Waals surface area contributed by atoms with Gasteiger partial charge in [-0.1, -0.05) is 105 Å². The molecule has 4 aromatic rings. The minimum atomic E-state index is -0.204. The van der Waals surface area contributed by atoms with Gasteiger partial charge in [-0.2, -0.15) is 0 Å². The Morgan fingerprint density at radius 3 is 1.54 bits per heavy atom. The maximum Gasteiger partial charge on any atom is 0.0725 e. The van der Waals surface area contributed by atoms with Crippen molar-refractivity contribution in [2.24, 2.45) is 0 Å². The first-order valence-electron chi connectivity index (χ1n) is 10.2. The zero-order valence-corrected chi connectivity index (χ0v) is 16.2. The van der Waals surface area contributed by atoms with Gasteiger partial charge >= 0.3 is 0 Å². The molecule has 0 radical (unpaired) electrons. The van der Waals surface area contributed by atoms with Crippen molar-refractivity contribution < 1.29 is 0 Å². The molecule has 0 saturated carbocycles. The highest BCUT2D eigenvalue weighted by Gasteiger charge is 2.51. The maximum atomic E-state index is 2.36. The Hall–Kier alpha value is -3.12. The Morgan fingerprint density at radius 1 is 0.500 bits per heavy atom. The van der Waals surface area contributed by atoms with Crippen molar-refractivity contribution in [2.45, 2.75) is 25.2 Å². The summed E-state index contributed by atoms with van der Waals surface area (Å²) < 4.78 is 0. The first-order chi connectivity index (χ1) is 13.7. The highest BCUT2D eigenvalue weighted by Crippen LogP contribution is 2.63. The predicted octanol–water partition coefficient (Wildman–Crippen LogP) is 7.15. The van der Waals surface area contributed by atoms with E-state index < -0.39 is 0 Å². The standard InChI is InChI=1S/C28H22/c1-18(2)19-13-9-17-26-27(19)22-12-5-8-16-25(22)28(26)23-14-6-3-10-20(23)21-11-4-7-15-24(21)28/h3-18H,1-2H3. The maximum absolute atomic E-state index is 2.36. The second kappa shape index (κ2) is 5.45. The molecule has 2 aliphatic carbocycles. The molecule has 6 rings (SSSR count). The van der Waals surface area contributed by atoms with Crippen LogP contribution in [0.3, 0.4) is 0 Å². The van der Waals surface area contributed by atoms with Crippen LogP contribution in [0.1, 0.15) is 47.6 Å². The lowest BCUT2D eigenvalue weighted by molar-refractivity contribution is 0.789. The molecule has 28 heavy (non-hydrogen) atoms. The molecule has 0 unspecified atom stereocenters. The Balaban J connectivity index is 1.86. The van der Waals surface area contributed by atoms with Crippen LogP contribution in [-0.4, -0.2) is 0 Å². The molecule has 0 amide bonds. The van der Waals surface area contributed by atoms with E-state index in [4.69, 9.17) is 0 Å². The molecule has 0 N–H and O–H groups in total. The molecule has 0 bridgehead atoms. The molecule has 1 spiro atoms. The van der Waals surface area contributed by atoms with Crippen molar-refractivity contribution in [3.8, 4) is 22.3 Å². The zero-order chi connectivity index (χ0) is 18.9. The van der Waals surface area contributed by atoms with Crippen LogP contribution in [0.4, 0.5) is 0 Å². The molecule has 2 aliphatic rings. The van der Waals surface area contributed by atoms with Crippen molar-refractivity contribution in [1.29, 1.82) is 0 Å². The van der Waals surface area contributed by atoms with E-state index >= 15 is 0 Å². The van der Waals surface area contributed by atoms with Crippen LogP contribution in [0.25, 0.3) is 22.3 Å². The Bertz CT molecular complexity index is 1200. The van der Waals surface area contributed by atoms with Crippen LogP contribution in [0.5, 0.6) is 0 Å². The van der Waals surface area contributed by atoms with Crippen LogP contribution < -0.4 is 0 Å². The van der Waals surface area contributed by atoms with Gasteiger partial charge in [-0.3, -0.25) is 0 Å². The molecule has 0 fully saturated rings. The van der Waals surface area contributed by atoms with Gasteiger partial charge in [-0.15, -0.1) is 0 Å². The van der Waals surface area contributed by atoms with E-state index in [1.54, 1.807) is 0 Å². The fourth-order valence-corrected chi connectivity index (χ4v) is 5.65. The lowest BCUT2D eigenvalue weighted by atomic mass is 9.70. The summed E-state index contributed by atoms with van der Waals surface area (Å²) in [5, 5.41) is 0. The quantitative estimate of drug-likeness (QED) is 0.293. The largest absolute Gasteiger partial charge is 0.0725 e. The van der Waals surface area contributed by atoms with Crippen molar-refractivity contribution >= 4 is 0 Å². The van der Waals surface area contributed by atoms with Crippen molar-refractivity contribution in [3.63, 3.8) is 0 Å². The van der Waals surface area contributed by atoms with Crippen LogP contribution >= 0.6 is 0 Å². The van der Waals surface area contributed by atoms with Crippen molar-refractivity contribution in [2.75, 3.05) is 0 Å². The van der Waals surface area contributed by atoms with Gasteiger partial charge in [0.15, 0.2) is 0 Å². The number of hydrogen-bond donors (Lipinski definition) is 0.